The van der Waals surface area contributed by atoms with Crippen LogP contribution in [0.25, 0.3) is 10.2 Å². The first-order valence-corrected chi connectivity index (χ1v) is 8.48. The van der Waals surface area contributed by atoms with Gasteiger partial charge in [0.05, 0.1) is 18.6 Å². The molecule has 2 aliphatic rings. The number of hydrogen-bond donors (Lipinski definition) is 1. The molecule has 4 rings (SSSR count). The van der Waals surface area contributed by atoms with Gasteiger partial charge in [-0.2, -0.15) is 0 Å². The van der Waals surface area contributed by atoms with E-state index < -0.39 is 0 Å². The van der Waals surface area contributed by atoms with Crippen molar-refractivity contribution in [3.8, 4) is 0 Å². The number of hydrogen-bond acceptors (Lipinski definition) is 5. The summed E-state index contributed by atoms with van der Waals surface area (Å²) < 4.78 is 5.35. The van der Waals surface area contributed by atoms with E-state index in [4.69, 9.17) is 4.74 Å². The lowest BCUT2D eigenvalue weighted by Gasteiger charge is -2.14. The van der Waals surface area contributed by atoms with Crippen molar-refractivity contribution in [2.24, 2.45) is 0 Å². The molecule has 1 aliphatic heterocycles. The van der Waals surface area contributed by atoms with E-state index in [2.05, 4.69) is 21.4 Å². The van der Waals surface area contributed by atoms with E-state index >= 15 is 0 Å². The van der Waals surface area contributed by atoms with Crippen LogP contribution in [0.3, 0.4) is 0 Å². The lowest BCUT2D eigenvalue weighted by Crippen LogP contribution is -2.10. The summed E-state index contributed by atoms with van der Waals surface area (Å²) in [4.78, 5) is 11.6. The average Bonchev–Trinajstić information content (AvgIpc) is 3.09. The van der Waals surface area contributed by atoms with Crippen molar-refractivity contribution in [3.05, 3.63) is 28.4 Å². The maximum Gasteiger partial charge on any atom is 0.138 e. The van der Waals surface area contributed by atoms with Crippen LogP contribution in [0.5, 0.6) is 0 Å². The molecule has 1 aliphatic carbocycles. The van der Waals surface area contributed by atoms with Gasteiger partial charge in [-0.3, -0.25) is 0 Å². The van der Waals surface area contributed by atoms with Gasteiger partial charge in [-0.05, 0) is 37.7 Å². The van der Waals surface area contributed by atoms with Crippen molar-refractivity contribution in [1.82, 2.24) is 9.97 Å². The van der Waals surface area contributed by atoms with Crippen molar-refractivity contribution in [3.63, 3.8) is 0 Å². The number of fused-ring (bicyclic) bond motifs is 3. The van der Waals surface area contributed by atoms with E-state index in [0.717, 1.165) is 43.2 Å². The molecule has 21 heavy (non-hydrogen) atoms. The Morgan fingerprint density at radius 3 is 3.14 bits per heavy atom. The second kappa shape index (κ2) is 5.73. The third kappa shape index (κ3) is 2.56. The number of rotatable bonds is 4. The largest absolute Gasteiger partial charge is 0.377 e. The highest BCUT2D eigenvalue weighted by Gasteiger charge is 2.20. The number of anilines is 1. The van der Waals surface area contributed by atoms with Crippen LogP contribution in [0, 0.1) is 0 Å². The van der Waals surface area contributed by atoms with Crippen molar-refractivity contribution < 1.29 is 4.74 Å². The maximum atomic E-state index is 5.35. The van der Waals surface area contributed by atoms with Crippen LogP contribution in [-0.4, -0.2) is 29.7 Å². The van der Waals surface area contributed by atoms with E-state index in [9.17, 15) is 0 Å². The van der Waals surface area contributed by atoms with Gasteiger partial charge in [0.2, 0.25) is 0 Å². The Balaban J connectivity index is 1.52. The lowest BCUT2D eigenvalue weighted by molar-refractivity contribution is 0.153. The number of nitrogens with zero attached hydrogens (tertiary/aromatic N) is 2. The number of ether oxygens (including phenoxy) is 1. The SMILES string of the molecule is C1=C(CCNc2ncnc3sc4c(c23)CCC4)CCOC1. The fraction of sp³-hybridized carbons (Fsp3) is 0.500. The first-order chi connectivity index (χ1) is 10.4. The summed E-state index contributed by atoms with van der Waals surface area (Å²) in [6, 6.07) is 0. The van der Waals surface area contributed by atoms with E-state index in [1.165, 1.54) is 40.7 Å². The summed E-state index contributed by atoms with van der Waals surface area (Å²) in [5, 5.41) is 4.80. The molecule has 0 saturated carbocycles. The molecule has 0 aromatic carbocycles. The normalized spacial score (nSPS) is 17.8. The van der Waals surface area contributed by atoms with Crippen LogP contribution in [0.2, 0.25) is 0 Å². The summed E-state index contributed by atoms with van der Waals surface area (Å²) >= 11 is 1.84. The minimum Gasteiger partial charge on any atom is -0.377 e. The average molecular weight is 301 g/mol. The lowest BCUT2D eigenvalue weighted by atomic mass is 10.1. The van der Waals surface area contributed by atoms with Gasteiger partial charge in [0, 0.05) is 11.4 Å². The molecular weight excluding hydrogens is 282 g/mol. The molecule has 0 radical (unpaired) electrons. The molecule has 0 spiro atoms. The Labute approximate surface area is 128 Å². The van der Waals surface area contributed by atoms with E-state index in [1.54, 1.807) is 6.33 Å². The molecule has 0 unspecified atom stereocenters. The van der Waals surface area contributed by atoms with Gasteiger partial charge in [-0.25, -0.2) is 9.97 Å². The zero-order valence-electron chi connectivity index (χ0n) is 12.0. The zero-order valence-corrected chi connectivity index (χ0v) is 12.8. The molecule has 2 aromatic rings. The molecule has 3 heterocycles. The second-order valence-electron chi connectivity index (χ2n) is 5.62. The first kappa shape index (κ1) is 13.2. The molecule has 0 amide bonds. The predicted octanol–water partition coefficient (Wildman–Crippen LogP) is 3.33. The van der Waals surface area contributed by atoms with E-state index in [-0.39, 0.29) is 0 Å². The number of aromatic nitrogens is 2. The molecule has 0 atom stereocenters. The summed E-state index contributed by atoms with van der Waals surface area (Å²) in [6.45, 7) is 2.56. The molecule has 4 nitrogen and oxygen atoms in total. The molecule has 110 valence electrons. The third-order valence-electron chi connectivity index (χ3n) is 4.30. The minimum atomic E-state index is 0.769. The fourth-order valence-electron chi connectivity index (χ4n) is 3.20. The van der Waals surface area contributed by atoms with Crippen LogP contribution in [0.4, 0.5) is 5.82 Å². The van der Waals surface area contributed by atoms with E-state index in [0.29, 0.717) is 0 Å². The van der Waals surface area contributed by atoms with Crippen LogP contribution < -0.4 is 5.32 Å². The van der Waals surface area contributed by atoms with Crippen LogP contribution in [0.1, 0.15) is 29.7 Å². The summed E-state index contributed by atoms with van der Waals surface area (Å²) in [6.07, 6.45) is 9.70. The Morgan fingerprint density at radius 1 is 1.24 bits per heavy atom. The van der Waals surface area contributed by atoms with Crippen molar-refractivity contribution in [2.45, 2.75) is 32.1 Å². The predicted molar refractivity (Wildman–Crippen MR) is 86.1 cm³/mol. The van der Waals surface area contributed by atoms with Gasteiger partial charge in [0.1, 0.15) is 17.0 Å². The Kier molecular flexibility index (Phi) is 3.61. The van der Waals surface area contributed by atoms with Crippen molar-refractivity contribution in [2.75, 3.05) is 25.1 Å². The molecule has 0 bridgehead atoms. The summed E-state index contributed by atoms with van der Waals surface area (Å²) in [7, 11) is 0. The second-order valence-corrected chi connectivity index (χ2v) is 6.71. The molecule has 0 saturated heterocycles. The quantitative estimate of drug-likeness (QED) is 0.880. The van der Waals surface area contributed by atoms with Crippen LogP contribution >= 0.6 is 11.3 Å². The van der Waals surface area contributed by atoms with Gasteiger partial charge in [-0.1, -0.05) is 11.6 Å². The van der Waals surface area contributed by atoms with Crippen LogP contribution in [-0.2, 0) is 17.6 Å². The van der Waals surface area contributed by atoms with Crippen molar-refractivity contribution in [1.29, 1.82) is 0 Å². The maximum absolute atomic E-state index is 5.35. The highest BCUT2D eigenvalue weighted by Crippen LogP contribution is 2.38. The Hall–Kier alpha value is -1.46. The highest BCUT2D eigenvalue weighted by molar-refractivity contribution is 7.19. The van der Waals surface area contributed by atoms with Crippen molar-refractivity contribution >= 4 is 27.4 Å². The fourth-order valence-corrected chi connectivity index (χ4v) is 4.43. The number of aryl methyl sites for hydroxylation is 2. The molecule has 2 aromatic heterocycles. The highest BCUT2D eigenvalue weighted by atomic mass is 32.1. The third-order valence-corrected chi connectivity index (χ3v) is 5.50. The topological polar surface area (TPSA) is 47.0 Å². The van der Waals surface area contributed by atoms with E-state index in [1.807, 2.05) is 11.3 Å². The number of thiophene rings is 1. The summed E-state index contributed by atoms with van der Waals surface area (Å²) in [5.74, 6) is 1.02. The Morgan fingerprint density at radius 2 is 2.24 bits per heavy atom. The van der Waals surface area contributed by atoms with Crippen LogP contribution in [0.15, 0.2) is 18.0 Å². The zero-order chi connectivity index (χ0) is 14.1. The monoisotopic (exact) mass is 301 g/mol. The first-order valence-electron chi connectivity index (χ1n) is 7.66. The minimum absolute atomic E-state index is 0.769. The van der Waals surface area contributed by atoms with Gasteiger partial charge >= 0.3 is 0 Å². The smallest absolute Gasteiger partial charge is 0.138 e. The standard InChI is InChI=1S/C16H19N3OS/c1-2-12-13(3-1)21-16-14(12)15(18-10-19-16)17-7-4-11-5-8-20-9-6-11/h5,10H,1-4,6-9H2,(H,17,18,19). The van der Waals surface area contributed by atoms with Gasteiger partial charge in [0.25, 0.3) is 0 Å². The molecule has 0 fully saturated rings. The molecule has 1 N–H and O–H groups in total. The number of nitrogens with one attached hydrogen (secondary N) is 1. The molecular formula is C16H19N3OS. The van der Waals surface area contributed by atoms with Gasteiger partial charge in [-0.15, -0.1) is 11.3 Å². The van der Waals surface area contributed by atoms with Gasteiger partial charge in [0.15, 0.2) is 0 Å². The summed E-state index contributed by atoms with van der Waals surface area (Å²) in [5.41, 5.74) is 2.98. The Bertz CT molecular complexity index is 692. The van der Waals surface area contributed by atoms with Gasteiger partial charge < -0.3 is 10.1 Å². The molecule has 5 heteroatoms.